The monoisotopic (exact) mass is 406 g/mol. The first kappa shape index (κ1) is 19.7. The van der Waals surface area contributed by atoms with Crippen molar-refractivity contribution in [2.75, 3.05) is 24.4 Å². The maximum absolute atomic E-state index is 13.1. The van der Waals surface area contributed by atoms with Gasteiger partial charge in [0.2, 0.25) is 11.8 Å². The van der Waals surface area contributed by atoms with E-state index in [-0.39, 0.29) is 29.2 Å². The molecule has 1 fully saturated rings. The standard InChI is InChI=1S/C23H22N2O5/c1-29-14-11-12-20(30-2)18(13-14)24-21(26)17-9-5-6-10-19(17)25-22(27)15-7-3-4-8-16(15)23(25)28/h3-6,9-13,15-16H,7-8H2,1-2H3,(H,24,26)/t15-,16-/m1/s1. The van der Waals surface area contributed by atoms with Crippen LogP contribution in [0, 0.1) is 11.8 Å². The second kappa shape index (κ2) is 8.02. The summed E-state index contributed by atoms with van der Waals surface area (Å²) in [5.41, 5.74) is 0.950. The number of nitrogens with one attached hydrogen (secondary N) is 1. The van der Waals surface area contributed by atoms with Crippen LogP contribution in [0.1, 0.15) is 23.2 Å². The topological polar surface area (TPSA) is 84.9 Å². The van der Waals surface area contributed by atoms with Crippen molar-refractivity contribution in [3.63, 3.8) is 0 Å². The number of anilines is 2. The zero-order valence-corrected chi connectivity index (χ0v) is 16.8. The van der Waals surface area contributed by atoms with E-state index in [9.17, 15) is 14.4 Å². The lowest BCUT2D eigenvalue weighted by Crippen LogP contribution is -2.33. The number of carbonyl (C=O) groups is 3. The van der Waals surface area contributed by atoms with Crippen molar-refractivity contribution in [2.45, 2.75) is 12.8 Å². The Bertz CT molecular complexity index is 1020. The van der Waals surface area contributed by atoms with Gasteiger partial charge in [0.15, 0.2) is 0 Å². The number of hydrogen-bond donors (Lipinski definition) is 1. The minimum absolute atomic E-state index is 0.232. The number of hydrogen-bond acceptors (Lipinski definition) is 5. The predicted molar refractivity (Wildman–Crippen MR) is 112 cm³/mol. The highest BCUT2D eigenvalue weighted by atomic mass is 16.5. The first-order valence-electron chi connectivity index (χ1n) is 9.70. The van der Waals surface area contributed by atoms with E-state index in [0.717, 1.165) is 0 Å². The summed E-state index contributed by atoms with van der Waals surface area (Å²) in [6, 6.07) is 11.7. The summed E-state index contributed by atoms with van der Waals surface area (Å²) in [5, 5.41) is 2.80. The third kappa shape index (κ3) is 3.32. The molecule has 7 heteroatoms. The third-order valence-corrected chi connectivity index (χ3v) is 5.55. The van der Waals surface area contributed by atoms with E-state index in [4.69, 9.17) is 9.47 Å². The number of methoxy groups -OCH3 is 2. The van der Waals surface area contributed by atoms with Crippen LogP contribution in [0.4, 0.5) is 11.4 Å². The van der Waals surface area contributed by atoms with Gasteiger partial charge in [0.25, 0.3) is 5.91 Å². The molecule has 0 radical (unpaired) electrons. The van der Waals surface area contributed by atoms with Gasteiger partial charge >= 0.3 is 0 Å². The van der Waals surface area contributed by atoms with Crippen molar-refractivity contribution in [3.8, 4) is 11.5 Å². The second-order valence-corrected chi connectivity index (χ2v) is 7.21. The highest BCUT2D eigenvalue weighted by Crippen LogP contribution is 2.39. The number of rotatable bonds is 5. The van der Waals surface area contributed by atoms with Crippen LogP contribution in [0.15, 0.2) is 54.6 Å². The maximum atomic E-state index is 13.1. The number of ether oxygens (including phenoxy) is 2. The van der Waals surface area contributed by atoms with Crippen LogP contribution in [0.5, 0.6) is 11.5 Å². The van der Waals surface area contributed by atoms with E-state index in [1.807, 2.05) is 12.2 Å². The predicted octanol–water partition coefficient (Wildman–Crippen LogP) is 3.41. The maximum Gasteiger partial charge on any atom is 0.257 e. The van der Waals surface area contributed by atoms with Crippen molar-refractivity contribution in [1.82, 2.24) is 0 Å². The molecule has 3 amide bonds. The number of para-hydroxylation sites is 1. The van der Waals surface area contributed by atoms with E-state index in [2.05, 4.69) is 5.32 Å². The molecule has 0 unspecified atom stereocenters. The smallest absolute Gasteiger partial charge is 0.257 e. The lowest BCUT2D eigenvalue weighted by atomic mass is 9.85. The molecular formula is C23H22N2O5. The van der Waals surface area contributed by atoms with Gasteiger partial charge in [-0.05, 0) is 37.1 Å². The van der Waals surface area contributed by atoms with Gasteiger partial charge in [-0.15, -0.1) is 0 Å². The average Bonchev–Trinajstić information content (AvgIpc) is 3.04. The van der Waals surface area contributed by atoms with E-state index >= 15 is 0 Å². The summed E-state index contributed by atoms with van der Waals surface area (Å²) in [4.78, 5) is 40.2. The van der Waals surface area contributed by atoms with Gasteiger partial charge in [0.05, 0.1) is 43.0 Å². The van der Waals surface area contributed by atoms with Gasteiger partial charge < -0.3 is 14.8 Å². The van der Waals surface area contributed by atoms with Gasteiger partial charge in [0.1, 0.15) is 11.5 Å². The SMILES string of the molecule is COc1ccc(OC)c(NC(=O)c2ccccc2N2C(=O)[C@@H]3CC=CC[C@H]3C2=O)c1. The molecule has 154 valence electrons. The van der Waals surface area contributed by atoms with Crippen molar-refractivity contribution >= 4 is 29.1 Å². The minimum atomic E-state index is -0.453. The lowest BCUT2D eigenvalue weighted by Gasteiger charge is -2.19. The number of fused-ring (bicyclic) bond motifs is 1. The Morgan fingerprint density at radius 3 is 2.27 bits per heavy atom. The molecule has 0 aromatic heterocycles. The highest BCUT2D eigenvalue weighted by Gasteiger charge is 2.48. The Kier molecular flexibility index (Phi) is 5.27. The normalized spacial score (nSPS) is 20.1. The van der Waals surface area contributed by atoms with Gasteiger partial charge in [-0.3, -0.25) is 14.4 Å². The lowest BCUT2D eigenvalue weighted by molar-refractivity contribution is -0.122. The molecule has 2 aliphatic rings. The fourth-order valence-electron chi connectivity index (χ4n) is 4.00. The fourth-order valence-corrected chi connectivity index (χ4v) is 4.00. The van der Waals surface area contributed by atoms with E-state index < -0.39 is 5.91 Å². The van der Waals surface area contributed by atoms with E-state index in [0.29, 0.717) is 35.7 Å². The largest absolute Gasteiger partial charge is 0.497 e. The summed E-state index contributed by atoms with van der Waals surface area (Å²) < 4.78 is 10.5. The summed E-state index contributed by atoms with van der Waals surface area (Å²) >= 11 is 0. The second-order valence-electron chi connectivity index (χ2n) is 7.21. The van der Waals surface area contributed by atoms with Gasteiger partial charge in [0, 0.05) is 6.07 Å². The molecule has 4 rings (SSSR count). The number of benzene rings is 2. The number of carbonyl (C=O) groups excluding carboxylic acids is 3. The molecule has 1 aliphatic carbocycles. The Labute approximate surface area is 174 Å². The zero-order chi connectivity index (χ0) is 21.3. The molecule has 0 spiro atoms. The molecule has 30 heavy (non-hydrogen) atoms. The van der Waals surface area contributed by atoms with Crippen LogP contribution in [-0.2, 0) is 9.59 Å². The van der Waals surface area contributed by atoms with Crippen LogP contribution in [-0.4, -0.2) is 31.9 Å². The van der Waals surface area contributed by atoms with Crippen molar-refractivity contribution in [3.05, 3.63) is 60.2 Å². The number of nitrogens with zero attached hydrogens (tertiary/aromatic N) is 1. The molecule has 1 saturated heterocycles. The van der Waals surface area contributed by atoms with Crippen molar-refractivity contribution in [2.24, 2.45) is 11.8 Å². The van der Waals surface area contributed by atoms with Gasteiger partial charge in [-0.1, -0.05) is 24.3 Å². The molecule has 1 N–H and O–H groups in total. The molecule has 0 bridgehead atoms. The summed E-state index contributed by atoms with van der Waals surface area (Å²) in [6.45, 7) is 0. The Morgan fingerprint density at radius 2 is 1.63 bits per heavy atom. The zero-order valence-electron chi connectivity index (χ0n) is 16.8. The van der Waals surface area contributed by atoms with Crippen molar-refractivity contribution < 1.29 is 23.9 Å². The van der Waals surface area contributed by atoms with Crippen LogP contribution in [0.3, 0.4) is 0 Å². The number of allylic oxidation sites excluding steroid dienone is 2. The first-order valence-corrected chi connectivity index (χ1v) is 9.70. The number of amides is 3. The molecule has 7 nitrogen and oxygen atoms in total. The fraction of sp³-hybridized carbons (Fsp3) is 0.261. The first-order chi connectivity index (χ1) is 14.5. The quantitative estimate of drug-likeness (QED) is 0.608. The molecule has 2 aromatic rings. The molecular weight excluding hydrogens is 384 g/mol. The Morgan fingerprint density at radius 1 is 0.967 bits per heavy atom. The van der Waals surface area contributed by atoms with Crippen LogP contribution < -0.4 is 19.7 Å². The molecule has 2 aromatic carbocycles. The van der Waals surface area contributed by atoms with E-state index in [1.54, 1.807) is 42.5 Å². The molecule has 1 heterocycles. The Hall–Kier alpha value is -3.61. The molecule has 1 aliphatic heterocycles. The van der Waals surface area contributed by atoms with Gasteiger partial charge in [-0.25, -0.2) is 4.90 Å². The third-order valence-electron chi connectivity index (χ3n) is 5.55. The summed E-state index contributed by atoms with van der Waals surface area (Å²) in [5.74, 6) is -0.671. The summed E-state index contributed by atoms with van der Waals surface area (Å²) in [6.07, 6.45) is 4.95. The van der Waals surface area contributed by atoms with Crippen LogP contribution >= 0.6 is 0 Å². The van der Waals surface area contributed by atoms with Crippen molar-refractivity contribution in [1.29, 1.82) is 0 Å². The number of imide groups is 1. The van der Waals surface area contributed by atoms with Crippen LogP contribution in [0.2, 0.25) is 0 Å². The molecule has 0 saturated carbocycles. The highest BCUT2D eigenvalue weighted by molar-refractivity contribution is 6.25. The van der Waals surface area contributed by atoms with Crippen LogP contribution in [0.25, 0.3) is 0 Å². The summed E-state index contributed by atoms with van der Waals surface area (Å²) in [7, 11) is 3.03. The minimum Gasteiger partial charge on any atom is -0.497 e. The average molecular weight is 406 g/mol. The van der Waals surface area contributed by atoms with Gasteiger partial charge in [-0.2, -0.15) is 0 Å². The molecule has 2 atom stereocenters. The Balaban J connectivity index is 1.67. The van der Waals surface area contributed by atoms with E-state index in [1.165, 1.54) is 19.1 Å².